The fourth-order valence-corrected chi connectivity index (χ4v) is 3.62. The predicted molar refractivity (Wildman–Crippen MR) is 109 cm³/mol. The molecule has 0 spiro atoms. The predicted octanol–water partition coefficient (Wildman–Crippen LogP) is 5.12. The molecule has 0 saturated carbocycles. The van der Waals surface area contributed by atoms with Crippen LogP contribution in [-0.2, 0) is 6.18 Å². The van der Waals surface area contributed by atoms with E-state index in [1.807, 2.05) is 41.3 Å². The topological polar surface area (TPSA) is 62.7 Å². The molecule has 31 heavy (non-hydrogen) atoms. The summed E-state index contributed by atoms with van der Waals surface area (Å²) in [4.78, 5) is 17.5. The monoisotopic (exact) mass is 428 g/mol. The minimum atomic E-state index is -4.45. The first-order valence-electron chi connectivity index (χ1n) is 9.69. The van der Waals surface area contributed by atoms with Crippen LogP contribution in [0.2, 0.25) is 0 Å². The molecule has 0 bridgehead atoms. The number of pyridine rings is 1. The van der Waals surface area contributed by atoms with Gasteiger partial charge >= 0.3 is 12.1 Å². The number of ether oxygens (including phenoxy) is 1. The molecule has 2 heterocycles. The third-order valence-electron chi connectivity index (χ3n) is 5.17. The maximum absolute atomic E-state index is 12.7. The van der Waals surface area contributed by atoms with Crippen molar-refractivity contribution in [2.75, 3.05) is 18.0 Å². The van der Waals surface area contributed by atoms with E-state index in [4.69, 9.17) is 4.74 Å². The summed E-state index contributed by atoms with van der Waals surface area (Å²) < 4.78 is 43.7. The molecule has 1 aromatic heterocycles. The Labute approximate surface area is 176 Å². The van der Waals surface area contributed by atoms with Crippen molar-refractivity contribution in [1.29, 1.82) is 0 Å². The third-order valence-corrected chi connectivity index (χ3v) is 5.17. The summed E-state index contributed by atoms with van der Waals surface area (Å²) in [6.07, 6.45) is -3.41. The number of halogens is 3. The standard InChI is InChI=1S/C23H19F3N2O3/c24-23(25,26)17-7-9-21(27-13-17)31-18-10-11-28(14-18)20-8-6-16(12-19(20)22(29)30)15-4-2-1-3-5-15/h1-9,12-13,18H,10-11,14H2,(H,29,30). The van der Waals surface area contributed by atoms with Crippen molar-refractivity contribution in [1.82, 2.24) is 4.98 Å². The van der Waals surface area contributed by atoms with Gasteiger partial charge in [-0.2, -0.15) is 13.2 Å². The summed E-state index contributed by atoms with van der Waals surface area (Å²) >= 11 is 0. The molecule has 1 saturated heterocycles. The number of nitrogens with zero attached hydrogens (tertiary/aromatic N) is 2. The fourth-order valence-electron chi connectivity index (χ4n) is 3.62. The van der Waals surface area contributed by atoms with Gasteiger partial charge in [0.2, 0.25) is 5.88 Å². The Morgan fingerprint density at radius 1 is 1.06 bits per heavy atom. The maximum Gasteiger partial charge on any atom is 0.417 e. The van der Waals surface area contributed by atoms with Gasteiger partial charge in [0.15, 0.2) is 0 Å². The highest BCUT2D eigenvalue weighted by molar-refractivity contribution is 5.96. The van der Waals surface area contributed by atoms with Gasteiger partial charge in [0.1, 0.15) is 6.10 Å². The normalized spacial score (nSPS) is 16.4. The summed E-state index contributed by atoms with van der Waals surface area (Å²) in [6.45, 7) is 0.976. The summed E-state index contributed by atoms with van der Waals surface area (Å²) in [5, 5.41) is 9.73. The molecule has 1 N–H and O–H groups in total. The third kappa shape index (κ3) is 4.63. The number of carboxylic acid groups (broad SMARTS) is 1. The number of benzene rings is 2. The molecule has 8 heteroatoms. The van der Waals surface area contributed by atoms with E-state index in [2.05, 4.69) is 4.98 Å². The minimum absolute atomic E-state index is 0.109. The lowest BCUT2D eigenvalue weighted by Crippen LogP contribution is -2.26. The fraction of sp³-hybridized carbons (Fsp3) is 0.217. The lowest BCUT2D eigenvalue weighted by Gasteiger charge is -2.21. The zero-order valence-corrected chi connectivity index (χ0v) is 16.3. The first-order valence-corrected chi connectivity index (χ1v) is 9.69. The lowest BCUT2D eigenvalue weighted by molar-refractivity contribution is -0.137. The van der Waals surface area contributed by atoms with Crippen molar-refractivity contribution in [3.63, 3.8) is 0 Å². The molecule has 1 unspecified atom stereocenters. The van der Waals surface area contributed by atoms with E-state index >= 15 is 0 Å². The Morgan fingerprint density at radius 2 is 1.84 bits per heavy atom. The van der Waals surface area contributed by atoms with Crippen LogP contribution in [-0.4, -0.2) is 35.3 Å². The number of rotatable bonds is 5. The lowest BCUT2D eigenvalue weighted by atomic mass is 10.0. The van der Waals surface area contributed by atoms with Gasteiger partial charge in [0, 0.05) is 25.2 Å². The number of alkyl halides is 3. The van der Waals surface area contributed by atoms with E-state index in [1.165, 1.54) is 6.07 Å². The number of aromatic carboxylic acids is 1. The molecular formula is C23H19F3N2O3. The smallest absolute Gasteiger partial charge is 0.417 e. The minimum Gasteiger partial charge on any atom is -0.478 e. The Kier molecular flexibility index (Phi) is 5.54. The van der Waals surface area contributed by atoms with E-state index in [0.29, 0.717) is 25.2 Å². The average Bonchev–Trinajstić information content (AvgIpc) is 3.22. The quantitative estimate of drug-likeness (QED) is 0.611. The largest absolute Gasteiger partial charge is 0.478 e. The molecule has 1 aliphatic heterocycles. The van der Waals surface area contributed by atoms with Crippen molar-refractivity contribution < 1.29 is 27.8 Å². The molecule has 0 aliphatic carbocycles. The second-order valence-corrected chi connectivity index (χ2v) is 7.26. The van der Waals surface area contributed by atoms with E-state index in [-0.39, 0.29) is 17.5 Å². The van der Waals surface area contributed by atoms with Gasteiger partial charge in [-0.15, -0.1) is 0 Å². The molecular weight excluding hydrogens is 409 g/mol. The van der Waals surface area contributed by atoms with Crippen molar-refractivity contribution in [2.45, 2.75) is 18.7 Å². The van der Waals surface area contributed by atoms with Gasteiger partial charge in [-0.1, -0.05) is 36.4 Å². The molecule has 160 valence electrons. The maximum atomic E-state index is 12.7. The Balaban J connectivity index is 1.49. The van der Waals surface area contributed by atoms with Crippen molar-refractivity contribution in [3.8, 4) is 17.0 Å². The van der Waals surface area contributed by atoms with Crippen molar-refractivity contribution in [2.24, 2.45) is 0 Å². The van der Waals surface area contributed by atoms with Gasteiger partial charge in [-0.05, 0) is 29.3 Å². The summed E-state index contributed by atoms with van der Waals surface area (Å²) in [5.74, 6) is -0.917. The van der Waals surface area contributed by atoms with E-state index in [0.717, 1.165) is 23.4 Å². The molecule has 1 aliphatic rings. The highest BCUT2D eigenvalue weighted by Gasteiger charge is 2.31. The van der Waals surface area contributed by atoms with Crippen LogP contribution in [0.15, 0.2) is 66.9 Å². The van der Waals surface area contributed by atoms with E-state index in [9.17, 15) is 23.1 Å². The van der Waals surface area contributed by atoms with Gasteiger partial charge in [-0.3, -0.25) is 0 Å². The molecule has 1 fully saturated rings. The first kappa shape index (κ1) is 20.7. The summed E-state index contributed by atoms with van der Waals surface area (Å²) in [5.41, 5.74) is 1.67. The van der Waals surface area contributed by atoms with Gasteiger partial charge in [0.05, 0.1) is 23.4 Å². The molecule has 1 atom stereocenters. The number of hydrogen-bond donors (Lipinski definition) is 1. The molecule has 2 aromatic carbocycles. The van der Waals surface area contributed by atoms with Crippen molar-refractivity contribution in [3.05, 3.63) is 78.0 Å². The van der Waals surface area contributed by atoms with Crippen LogP contribution in [0.1, 0.15) is 22.3 Å². The Hall–Kier alpha value is -3.55. The average molecular weight is 428 g/mol. The van der Waals surface area contributed by atoms with Crippen LogP contribution in [0.3, 0.4) is 0 Å². The number of carboxylic acids is 1. The number of carbonyl (C=O) groups is 1. The Morgan fingerprint density at radius 3 is 2.48 bits per heavy atom. The molecule has 3 aromatic rings. The highest BCUT2D eigenvalue weighted by atomic mass is 19.4. The number of hydrogen-bond acceptors (Lipinski definition) is 4. The van der Waals surface area contributed by atoms with Gasteiger partial charge in [0.25, 0.3) is 0 Å². The van der Waals surface area contributed by atoms with Crippen molar-refractivity contribution >= 4 is 11.7 Å². The molecule has 0 radical (unpaired) electrons. The van der Waals surface area contributed by atoms with Crippen LogP contribution in [0, 0.1) is 0 Å². The van der Waals surface area contributed by atoms with E-state index < -0.39 is 17.7 Å². The summed E-state index contributed by atoms with van der Waals surface area (Å²) in [7, 11) is 0. The second kappa shape index (κ2) is 8.29. The Bertz CT molecular complexity index is 1070. The van der Waals surface area contributed by atoms with Crippen LogP contribution in [0.5, 0.6) is 5.88 Å². The van der Waals surface area contributed by atoms with Crippen LogP contribution < -0.4 is 9.64 Å². The number of anilines is 1. The first-order chi connectivity index (χ1) is 14.8. The molecule has 4 rings (SSSR count). The molecule has 0 amide bonds. The van der Waals surface area contributed by atoms with Gasteiger partial charge in [-0.25, -0.2) is 9.78 Å². The number of aromatic nitrogens is 1. The molecule has 5 nitrogen and oxygen atoms in total. The second-order valence-electron chi connectivity index (χ2n) is 7.26. The summed E-state index contributed by atoms with van der Waals surface area (Å²) in [6, 6.07) is 16.9. The zero-order valence-electron chi connectivity index (χ0n) is 16.3. The van der Waals surface area contributed by atoms with E-state index in [1.54, 1.807) is 12.1 Å². The van der Waals surface area contributed by atoms with Crippen LogP contribution >= 0.6 is 0 Å². The SMILES string of the molecule is O=C(O)c1cc(-c2ccccc2)ccc1N1CCC(Oc2ccc(C(F)(F)F)cn2)C1. The zero-order chi connectivity index (χ0) is 22.0. The van der Waals surface area contributed by atoms with Gasteiger partial charge < -0.3 is 14.7 Å². The highest BCUT2D eigenvalue weighted by Crippen LogP contribution is 2.32. The van der Waals surface area contributed by atoms with Crippen LogP contribution in [0.25, 0.3) is 11.1 Å². The van der Waals surface area contributed by atoms with Crippen LogP contribution in [0.4, 0.5) is 18.9 Å².